The number of amides is 2. The highest BCUT2D eigenvalue weighted by Crippen LogP contribution is 2.20. The van der Waals surface area contributed by atoms with E-state index in [1.165, 1.54) is 6.92 Å². The molecule has 2 rings (SSSR count). The number of benzene rings is 2. The van der Waals surface area contributed by atoms with Crippen LogP contribution in [0.5, 0.6) is 0 Å². The zero-order valence-corrected chi connectivity index (χ0v) is 13.7. The van der Waals surface area contributed by atoms with Crippen LogP contribution in [0, 0.1) is 6.92 Å². The van der Waals surface area contributed by atoms with Gasteiger partial charge in [-0.15, -0.1) is 0 Å². The minimum absolute atomic E-state index is 0.123. The molecule has 0 fully saturated rings. The molecule has 2 aromatic rings. The summed E-state index contributed by atoms with van der Waals surface area (Å²) in [6.45, 7) is 3.49. The molecule has 0 heterocycles. The van der Waals surface area contributed by atoms with E-state index < -0.39 is 0 Å². The summed E-state index contributed by atoms with van der Waals surface area (Å²) in [6, 6.07) is 12.5. The van der Waals surface area contributed by atoms with Crippen molar-refractivity contribution in [1.82, 2.24) is 0 Å². The number of hydrogen-bond acceptors (Lipinski definition) is 3. The smallest absolute Gasteiger partial charge is 0.243 e. The number of anilines is 3. The Labute approximate surface area is 140 Å². The van der Waals surface area contributed by atoms with E-state index in [9.17, 15) is 9.59 Å². The van der Waals surface area contributed by atoms with Crippen LogP contribution >= 0.6 is 11.6 Å². The maximum Gasteiger partial charge on any atom is 0.243 e. The van der Waals surface area contributed by atoms with Crippen LogP contribution in [0.25, 0.3) is 0 Å². The average molecular weight is 332 g/mol. The van der Waals surface area contributed by atoms with Crippen LogP contribution in [0.2, 0.25) is 5.02 Å². The number of rotatable bonds is 5. The summed E-state index contributed by atoms with van der Waals surface area (Å²) in [6.07, 6.45) is 0. The maximum absolute atomic E-state index is 12.0. The Kier molecular flexibility index (Phi) is 5.60. The topological polar surface area (TPSA) is 70.2 Å². The van der Waals surface area contributed by atoms with E-state index in [4.69, 9.17) is 11.6 Å². The van der Waals surface area contributed by atoms with Crippen LogP contribution in [-0.2, 0) is 9.59 Å². The van der Waals surface area contributed by atoms with E-state index in [1.807, 2.05) is 13.0 Å². The summed E-state index contributed by atoms with van der Waals surface area (Å²) in [5.41, 5.74) is 3.15. The van der Waals surface area contributed by atoms with E-state index in [0.29, 0.717) is 16.4 Å². The molecule has 0 atom stereocenters. The normalized spacial score (nSPS) is 10.0. The van der Waals surface area contributed by atoms with Crippen molar-refractivity contribution in [3.63, 3.8) is 0 Å². The molecule has 2 amide bonds. The van der Waals surface area contributed by atoms with Crippen molar-refractivity contribution in [1.29, 1.82) is 0 Å². The second-order valence-electron chi connectivity index (χ2n) is 5.12. The molecule has 0 unspecified atom stereocenters. The number of carbonyl (C=O) groups is 2. The van der Waals surface area contributed by atoms with Crippen LogP contribution in [-0.4, -0.2) is 18.4 Å². The fourth-order valence-electron chi connectivity index (χ4n) is 1.98. The number of aryl methyl sites for hydroxylation is 1. The minimum Gasteiger partial charge on any atom is -0.376 e. The summed E-state index contributed by atoms with van der Waals surface area (Å²) in [5.74, 6) is -0.289. The van der Waals surface area contributed by atoms with Crippen LogP contribution in [0.15, 0.2) is 42.5 Å². The third kappa shape index (κ3) is 5.30. The second-order valence-corrected chi connectivity index (χ2v) is 5.56. The van der Waals surface area contributed by atoms with Crippen LogP contribution in [0.1, 0.15) is 12.5 Å². The number of hydrogen-bond donors (Lipinski definition) is 3. The second kappa shape index (κ2) is 7.65. The molecule has 0 radical (unpaired) electrons. The predicted octanol–water partition coefficient (Wildman–Crippen LogP) is 3.66. The van der Waals surface area contributed by atoms with E-state index in [1.54, 1.807) is 36.4 Å². The van der Waals surface area contributed by atoms with Crippen LogP contribution < -0.4 is 16.0 Å². The Balaban J connectivity index is 1.89. The summed E-state index contributed by atoms with van der Waals surface area (Å²) >= 11 is 5.93. The lowest BCUT2D eigenvalue weighted by Gasteiger charge is -2.11. The molecule has 23 heavy (non-hydrogen) atoms. The van der Waals surface area contributed by atoms with Crippen molar-refractivity contribution in [2.75, 3.05) is 22.5 Å². The largest absolute Gasteiger partial charge is 0.376 e. The zero-order chi connectivity index (χ0) is 16.8. The van der Waals surface area contributed by atoms with Gasteiger partial charge in [-0.25, -0.2) is 0 Å². The summed E-state index contributed by atoms with van der Waals surface area (Å²) in [5, 5.41) is 9.10. The summed E-state index contributed by atoms with van der Waals surface area (Å²) < 4.78 is 0. The molecule has 5 nitrogen and oxygen atoms in total. The Morgan fingerprint density at radius 2 is 1.65 bits per heavy atom. The Morgan fingerprint density at radius 3 is 2.30 bits per heavy atom. The Morgan fingerprint density at radius 1 is 1.00 bits per heavy atom. The van der Waals surface area contributed by atoms with E-state index in [2.05, 4.69) is 16.0 Å². The maximum atomic E-state index is 12.0. The highest BCUT2D eigenvalue weighted by atomic mass is 35.5. The lowest BCUT2D eigenvalue weighted by molar-refractivity contribution is -0.115. The molecule has 0 aliphatic heterocycles. The van der Waals surface area contributed by atoms with Gasteiger partial charge in [-0.05, 0) is 48.9 Å². The van der Waals surface area contributed by atoms with Crippen molar-refractivity contribution in [2.45, 2.75) is 13.8 Å². The first-order chi connectivity index (χ1) is 10.9. The van der Waals surface area contributed by atoms with Gasteiger partial charge in [0.05, 0.1) is 6.54 Å². The van der Waals surface area contributed by atoms with E-state index >= 15 is 0 Å². The lowest BCUT2D eigenvalue weighted by atomic mass is 10.2. The third-order valence-electron chi connectivity index (χ3n) is 3.13. The monoisotopic (exact) mass is 331 g/mol. The fraction of sp³-hybridized carbons (Fsp3) is 0.176. The number of halogens is 1. The molecule has 6 heteroatoms. The van der Waals surface area contributed by atoms with Gasteiger partial charge < -0.3 is 16.0 Å². The van der Waals surface area contributed by atoms with Gasteiger partial charge in [0.1, 0.15) is 0 Å². The molecule has 0 aliphatic carbocycles. The standard InChI is InChI=1S/C17H18ClN3O2/c1-11-3-4-13(18)9-16(11)21-17(23)10-19-14-5-7-15(8-6-14)20-12(2)22/h3-9,19H,10H2,1-2H3,(H,20,22)(H,21,23). The highest BCUT2D eigenvalue weighted by Gasteiger charge is 2.05. The van der Waals surface area contributed by atoms with E-state index in [-0.39, 0.29) is 18.4 Å². The van der Waals surface area contributed by atoms with Gasteiger partial charge in [0.25, 0.3) is 0 Å². The SMILES string of the molecule is CC(=O)Nc1ccc(NCC(=O)Nc2cc(Cl)ccc2C)cc1. The molecular weight excluding hydrogens is 314 g/mol. The van der Waals surface area contributed by atoms with Gasteiger partial charge in [-0.1, -0.05) is 17.7 Å². The van der Waals surface area contributed by atoms with Crippen molar-refractivity contribution in [3.8, 4) is 0 Å². The molecule has 2 aromatic carbocycles. The van der Waals surface area contributed by atoms with Gasteiger partial charge >= 0.3 is 0 Å². The van der Waals surface area contributed by atoms with Gasteiger partial charge in [-0.2, -0.15) is 0 Å². The minimum atomic E-state index is -0.165. The van der Waals surface area contributed by atoms with Crippen molar-refractivity contribution in [3.05, 3.63) is 53.1 Å². The van der Waals surface area contributed by atoms with Gasteiger partial charge in [-0.3, -0.25) is 9.59 Å². The molecule has 120 valence electrons. The Hall–Kier alpha value is -2.53. The molecule has 3 N–H and O–H groups in total. The molecular formula is C17H18ClN3O2. The fourth-order valence-corrected chi connectivity index (χ4v) is 2.15. The van der Waals surface area contributed by atoms with Gasteiger partial charge in [0.2, 0.25) is 11.8 Å². The molecule has 0 aliphatic rings. The molecule has 0 spiro atoms. The molecule has 0 bridgehead atoms. The first kappa shape index (κ1) is 16.8. The molecule has 0 aromatic heterocycles. The van der Waals surface area contributed by atoms with Gasteiger partial charge in [0.15, 0.2) is 0 Å². The van der Waals surface area contributed by atoms with Crippen LogP contribution in [0.3, 0.4) is 0 Å². The zero-order valence-electron chi connectivity index (χ0n) is 12.9. The third-order valence-corrected chi connectivity index (χ3v) is 3.37. The lowest BCUT2D eigenvalue weighted by Crippen LogP contribution is -2.22. The first-order valence-electron chi connectivity index (χ1n) is 7.11. The van der Waals surface area contributed by atoms with Crippen LogP contribution in [0.4, 0.5) is 17.1 Å². The molecule has 0 saturated carbocycles. The first-order valence-corrected chi connectivity index (χ1v) is 7.49. The van der Waals surface area contributed by atoms with E-state index in [0.717, 1.165) is 11.3 Å². The van der Waals surface area contributed by atoms with Crippen molar-refractivity contribution >= 4 is 40.5 Å². The van der Waals surface area contributed by atoms with Crippen molar-refractivity contribution in [2.24, 2.45) is 0 Å². The summed E-state index contributed by atoms with van der Waals surface area (Å²) in [4.78, 5) is 22.9. The quantitative estimate of drug-likeness (QED) is 0.783. The average Bonchev–Trinajstić information content (AvgIpc) is 2.50. The highest BCUT2D eigenvalue weighted by molar-refractivity contribution is 6.31. The Bertz CT molecular complexity index is 714. The molecule has 0 saturated heterocycles. The van der Waals surface area contributed by atoms with Gasteiger partial charge in [0, 0.05) is 29.0 Å². The predicted molar refractivity (Wildman–Crippen MR) is 94.1 cm³/mol. The summed E-state index contributed by atoms with van der Waals surface area (Å²) in [7, 11) is 0. The number of carbonyl (C=O) groups excluding carboxylic acids is 2. The van der Waals surface area contributed by atoms with Crippen molar-refractivity contribution < 1.29 is 9.59 Å². The number of nitrogens with one attached hydrogen (secondary N) is 3.